The summed E-state index contributed by atoms with van der Waals surface area (Å²) in [6.07, 6.45) is 8.48. The molecule has 1 fully saturated rings. The summed E-state index contributed by atoms with van der Waals surface area (Å²) in [6.45, 7) is 10.2. The Balaban J connectivity index is 1.65. The third kappa shape index (κ3) is 4.24. The minimum absolute atomic E-state index is 0.0242. The first kappa shape index (κ1) is 21.9. The van der Waals surface area contributed by atoms with Crippen molar-refractivity contribution in [2.75, 3.05) is 6.61 Å². The summed E-state index contributed by atoms with van der Waals surface area (Å²) in [7, 11) is 0. The van der Waals surface area contributed by atoms with E-state index in [4.69, 9.17) is 9.84 Å². The van der Waals surface area contributed by atoms with Crippen molar-refractivity contribution < 1.29 is 14.6 Å². The van der Waals surface area contributed by atoms with Gasteiger partial charge in [0, 0.05) is 5.41 Å². The second kappa shape index (κ2) is 8.00. The Labute approximate surface area is 186 Å². The molecule has 4 rings (SSSR count). The van der Waals surface area contributed by atoms with Gasteiger partial charge in [0.1, 0.15) is 5.75 Å². The Morgan fingerprint density at radius 2 is 1.45 bits per heavy atom. The summed E-state index contributed by atoms with van der Waals surface area (Å²) in [5.74, 6) is -0.163. The molecule has 0 bridgehead atoms. The first-order valence-electron chi connectivity index (χ1n) is 11.7. The van der Waals surface area contributed by atoms with Crippen LogP contribution in [-0.4, -0.2) is 17.7 Å². The van der Waals surface area contributed by atoms with E-state index in [-0.39, 0.29) is 16.2 Å². The van der Waals surface area contributed by atoms with E-state index in [9.17, 15) is 4.79 Å². The Kier molecular flexibility index (Phi) is 5.66. The Bertz CT molecular complexity index is 947. The van der Waals surface area contributed by atoms with Gasteiger partial charge in [-0.05, 0) is 77.5 Å². The summed E-state index contributed by atoms with van der Waals surface area (Å²) >= 11 is 0. The summed E-state index contributed by atoms with van der Waals surface area (Å²) in [6, 6.07) is 14.0. The predicted molar refractivity (Wildman–Crippen MR) is 125 cm³/mol. The number of ether oxygens (including phenoxy) is 1. The molecule has 31 heavy (non-hydrogen) atoms. The highest BCUT2D eigenvalue weighted by Crippen LogP contribution is 2.48. The number of hydrogen-bond acceptors (Lipinski definition) is 2. The van der Waals surface area contributed by atoms with Crippen molar-refractivity contribution in [2.45, 2.75) is 88.9 Å². The van der Waals surface area contributed by atoms with Crippen LogP contribution in [0.3, 0.4) is 0 Å². The summed E-state index contributed by atoms with van der Waals surface area (Å²) < 4.78 is 6.28. The fraction of sp³-hybridized carbons (Fsp3) is 0.536. The zero-order valence-electron chi connectivity index (χ0n) is 19.5. The van der Waals surface area contributed by atoms with Gasteiger partial charge in [0.25, 0.3) is 0 Å². The van der Waals surface area contributed by atoms with Gasteiger partial charge in [-0.15, -0.1) is 0 Å². The highest BCUT2D eigenvalue weighted by Gasteiger charge is 2.40. The molecular formula is C28H36O3. The van der Waals surface area contributed by atoms with Gasteiger partial charge in [-0.2, -0.15) is 0 Å². The highest BCUT2D eigenvalue weighted by atomic mass is 16.5. The van der Waals surface area contributed by atoms with Gasteiger partial charge in [0.2, 0.25) is 0 Å². The van der Waals surface area contributed by atoms with E-state index in [0.29, 0.717) is 12.2 Å². The van der Waals surface area contributed by atoms with Crippen molar-refractivity contribution in [3.8, 4) is 5.75 Å². The molecule has 0 aromatic heterocycles. The average molecular weight is 421 g/mol. The van der Waals surface area contributed by atoms with Gasteiger partial charge < -0.3 is 9.84 Å². The molecule has 2 aromatic rings. The quantitative estimate of drug-likeness (QED) is 0.565. The predicted octanol–water partition coefficient (Wildman–Crippen LogP) is 7.01. The molecular weight excluding hydrogens is 384 g/mol. The molecule has 0 spiro atoms. The van der Waals surface area contributed by atoms with Gasteiger partial charge in [0.15, 0.2) is 0 Å². The third-order valence-electron chi connectivity index (χ3n) is 7.89. The lowest BCUT2D eigenvalue weighted by atomic mass is 9.61. The van der Waals surface area contributed by atoms with Gasteiger partial charge in [-0.1, -0.05) is 65.2 Å². The maximum atomic E-state index is 11.1. The molecule has 0 unspecified atom stereocenters. The molecule has 0 radical (unpaired) electrons. The molecule has 3 heteroatoms. The molecule has 0 saturated heterocycles. The zero-order valence-corrected chi connectivity index (χ0v) is 19.5. The fourth-order valence-corrected chi connectivity index (χ4v) is 5.58. The third-order valence-corrected chi connectivity index (χ3v) is 7.89. The molecule has 166 valence electrons. The van der Waals surface area contributed by atoms with Crippen LogP contribution in [0.2, 0.25) is 0 Å². The van der Waals surface area contributed by atoms with E-state index in [1.165, 1.54) is 48.8 Å². The van der Waals surface area contributed by atoms with E-state index in [1.807, 2.05) is 0 Å². The monoisotopic (exact) mass is 420 g/mol. The lowest BCUT2D eigenvalue weighted by Gasteiger charge is -2.44. The smallest absolute Gasteiger partial charge is 0.335 e. The number of fused-ring (bicyclic) bond motifs is 1. The summed E-state index contributed by atoms with van der Waals surface area (Å²) in [5, 5.41) is 9.13. The zero-order chi connectivity index (χ0) is 22.3. The second-order valence-corrected chi connectivity index (χ2v) is 11.0. The molecule has 3 nitrogen and oxygen atoms in total. The minimum Gasteiger partial charge on any atom is -0.493 e. The van der Waals surface area contributed by atoms with E-state index in [1.54, 1.807) is 24.3 Å². The lowest BCUT2D eigenvalue weighted by Crippen LogP contribution is -2.38. The molecule has 0 aliphatic heterocycles. The summed E-state index contributed by atoms with van der Waals surface area (Å²) in [5.41, 5.74) is 5.17. The Hall–Kier alpha value is -2.29. The van der Waals surface area contributed by atoms with Crippen LogP contribution >= 0.6 is 0 Å². The topological polar surface area (TPSA) is 46.5 Å². The first-order valence-corrected chi connectivity index (χ1v) is 11.7. The standard InChI is InChI=1S/C28H36O3/c1-26(2)16-17-27(3,4)24-18-21(10-13-23(24)26)28(14-6-5-7-15-28)19-31-22-11-8-20(9-12-22)25(29)30/h8-13,18H,5-7,14-17,19H2,1-4H3,(H,29,30). The minimum atomic E-state index is -0.908. The Morgan fingerprint density at radius 3 is 2.06 bits per heavy atom. The van der Waals surface area contributed by atoms with Crippen LogP contribution in [0.25, 0.3) is 0 Å². The van der Waals surface area contributed by atoms with Gasteiger partial charge in [-0.25, -0.2) is 4.79 Å². The number of hydrogen-bond donors (Lipinski definition) is 1. The van der Waals surface area contributed by atoms with Crippen molar-refractivity contribution in [1.29, 1.82) is 0 Å². The number of carboxylic acid groups (broad SMARTS) is 1. The number of aromatic carboxylic acids is 1. The second-order valence-electron chi connectivity index (χ2n) is 11.0. The molecule has 0 atom stereocenters. The number of benzene rings is 2. The highest BCUT2D eigenvalue weighted by molar-refractivity contribution is 5.87. The maximum absolute atomic E-state index is 11.1. The number of rotatable bonds is 5. The van der Waals surface area contributed by atoms with E-state index >= 15 is 0 Å². The van der Waals surface area contributed by atoms with Crippen molar-refractivity contribution >= 4 is 5.97 Å². The van der Waals surface area contributed by atoms with Crippen LogP contribution in [0.5, 0.6) is 5.75 Å². The average Bonchev–Trinajstić information content (AvgIpc) is 2.76. The van der Waals surface area contributed by atoms with Crippen molar-refractivity contribution in [1.82, 2.24) is 0 Å². The summed E-state index contributed by atoms with van der Waals surface area (Å²) in [4.78, 5) is 11.1. The molecule has 0 amide bonds. The largest absolute Gasteiger partial charge is 0.493 e. The normalized spacial score (nSPS) is 21.2. The van der Waals surface area contributed by atoms with Crippen LogP contribution in [0.4, 0.5) is 0 Å². The Morgan fingerprint density at radius 1 is 0.839 bits per heavy atom. The van der Waals surface area contributed by atoms with Crippen LogP contribution in [0, 0.1) is 0 Å². The lowest BCUT2D eigenvalue weighted by molar-refractivity contribution is 0.0697. The molecule has 2 aromatic carbocycles. The van der Waals surface area contributed by atoms with Crippen LogP contribution in [0.1, 0.15) is 99.7 Å². The van der Waals surface area contributed by atoms with Gasteiger partial charge >= 0.3 is 5.97 Å². The molecule has 1 N–H and O–H groups in total. The van der Waals surface area contributed by atoms with Gasteiger partial charge in [-0.3, -0.25) is 0 Å². The number of carbonyl (C=O) groups is 1. The molecule has 2 aliphatic rings. The maximum Gasteiger partial charge on any atom is 0.335 e. The van der Waals surface area contributed by atoms with Crippen molar-refractivity contribution in [2.24, 2.45) is 0 Å². The van der Waals surface area contributed by atoms with E-state index in [2.05, 4.69) is 45.9 Å². The van der Waals surface area contributed by atoms with Crippen LogP contribution in [0.15, 0.2) is 42.5 Å². The molecule has 1 saturated carbocycles. The van der Waals surface area contributed by atoms with Crippen LogP contribution < -0.4 is 4.74 Å². The first-order chi connectivity index (χ1) is 14.6. The molecule has 2 aliphatic carbocycles. The van der Waals surface area contributed by atoms with E-state index < -0.39 is 5.97 Å². The number of carboxylic acids is 1. The SMILES string of the molecule is CC1(C)CCC(C)(C)c2cc(C3(COc4ccc(C(=O)O)cc4)CCCCC3)ccc21. The van der Waals surface area contributed by atoms with E-state index in [0.717, 1.165) is 18.6 Å². The van der Waals surface area contributed by atoms with Gasteiger partial charge in [0.05, 0.1) is 12.2 Å². The van der Waals surface area contributed by atoms with Crippen molar-refractivity contribution in [3.63, 3.8) is 0 Å². The van der Waals surface area contributed by atoms with Crippen molar-refractivity contribution in [3.05, 3.63) is 64.7 Å². The van der Waals surface area contributed by atoms with Crippen LogP contribution in [-0.2, 0) is 16.2 Å². The molecule has 0 heterocycles. The fourth-order valence-electron chi connectivity index (χ4n) is 5.58.